The highest BCUT2D eigenvalue weighted by atomic mass is 15.0. The fraction of sp³-hybridized carbons (Fsp3) is 1.00. The Morgan fingerprint density at radius 1 is 0.375 bits per heavy atom. The third-order valence-corrected chi connectivity index (χ3v) is 7.24. The average Bonchev–Trinajstić information content (AvgIpc) is 2.69. The van der Waals surface area contributed by atoms with Crippen LogP contribution >= 0.6 is 0 Å². The number of hydrogen-bond acceptors (Lipinski definition) is 4. The third kappa shape index (κ3) is 18.3. The first-order valence-corrected chi connectivity index (χ1v) is 13.7. The molecule has 0 saturated carbocycles. The monoisotopic (exact) mass is 454 g/mol. The molecule has 0 heterocycles. The van der Waals surface area contributed by atoms with E-state index in [1.54, 1.807) is 0 Å². The van der Waals surface area contributed by atoms with Gasteiger partial charge in [-0.3, -0.25) is 0 Å². The lowest BCUT2D eigenvalue weighted by atomic mass is 9.96. The zero-order valence-electron chi connectivity index (χ0n) is 23.9. The molecule has 0 spiro atoms. The van der Waals surface area contributed by atoms with Gasteiger partial charge in [-0.1, -0.05) is 26.7 Å². The van der Waals surface area contributed by atoms with Crippen molar-refractivity contribution < 1.29 is 0 Å². The number of nitrogens with one attached hydrogen (secondary N) is 4. The molecule has 0 aromatic heterocycles. The predicted octanol–water partition coefficient (Wildman–Crippen LogP) is 6.40. The van der Waals surface area contributed by atoms with Crippen LogP contribution in [0.15, 0.2) is 0 Å². The zero-order valence-corrected chi connectivity index (χ0v) is 23.9. The van der Waals surface area contributed by atoms with E-state index in [2.05, 4.69) is 90.5 Å². The molecule has 0 fully saturated rings. The van der Waals surface area contributed by atoms with Crippen molar-refractivity contribution in [1.82, 2.24) is 21.3 Å². The molecule has 4 heteroatoms. The van der Waals surface area contributed by atoms with E-state index in [-0.39, 0.29) is 22.2 Å². The van der Waals surface area contributed by atoms with Gasteiger partial charge in [0.2, 0.25) is 0 Å². The smallest absolute Gasteiger partial charge is 0.0125 e. The zero-order chi connectivity index (χ0) is 24.7. The van der Waals surface area contributed by atoms with Gasteiger partial charge in [-0.25, -0.2) is 0 Å². The van der Waals surface area contributed by atoms with Crippen molar-refractivity contribution in [2.45, 2.75) is 156 Å². The molecule has 0 amide bonds. The minimum absolute atomic E-state index is 0.243. The van der Waals surface area contributed by atoms with Crippen LogP contribution < -0.4 is 21.3 Å². The Morgan fingerprint density at radius 2 is 0.625 bits per heavy atom. The normalized spacial score (nSPS) is 13.7. The summed E-state index contributed by atoms with van der Waals surface area (Å²) in [6, 6.07) is 0. The summed E-state index contributed by atoms with van der Waals surface area (Å²) in [5, 5.41) is 14.9. The second-order valence-electron chi connectivity index (χ2n) is 12.6. The van der Waals surface area contributed by atoms with Crippen LogP contribution in [0.25, 0.3) is 0 Å². The van der Waals surface area contributed by atoms with Crippen molar-refractivity contribution in [3.05, 3.63) is 0 Å². The Balaban J connectivity index is 3.76. The van der Waals surface area contributed by atoms with E-state index in [1.165, 1.54) is 64.2 Å². The minimum atomic E-state index is 0.243. The van der Waals surface area contributed by atoms with Crippen molar-refractivity contribution >= 4 is 0 Å². The van der Waals surface area contributed by atoms with Crippen LogP contribution in [0, 0.1) is 0 Å². The van der Waals surface area contributed by atoms with Crippen molar-refractivity contribution in [2.24, 2.45) is 0 Å². The van der Waals surface area contributed by atoms with Gasteiger partial charge in [0.25, 0.3) is 0 Å². The van der Waals surface area contributed by atoms with Crippen molar-refractivity contribution in [3.63, 3.8) is 0 Å². The van der Waals surface area contributed by atoms with Crippen molar-refractivity contribution in [3.8, 4) is 0 Å². The maximum absolute atomic E-state index is 3.79. The van der Waals surface area contributed by atoms with E-state index in [4.69, 9.17) is 0 Å². The van der Waals surface area contributed by atoms with E-state index in [9.17, 15) is 0 Å². The highest BCUT2D eigenvalue weighted by Crippen LogP contribution is 2.15. The van der Waals surface area contributed by atoms with Crippen LogP contribution in [-0.2, 0) is 0 Å². The molecule has 4 nitrogen and oxygen atoms in total. The van der Waals surface area contributed by atoms with Crippen molar-refractivity contribution in [2.75, 3.05) is 26.2 Å². The highest BCUT2D eigenvalue weighted by Gasteiger charge is 2.18. The van der Waals surface area contributed by atoms with Gasteiger partial charge in [0, 0.05) is 22.2 Å². The van der Waals surface area contributed by atoms with E-state index >= 15 is 0 Å². The molecule has 0 atom stereocenters. The summed E-state index contributed by atoms with van der Waals surface area (Å²) in [6.07, 6.45) is 12.4. The Hall–Kier alpha value is -0.160. The van der Waals surface area contributed by atoms with Crippen LogP contribution in [0.5, 0.6) is 0 Å². The summed E-state index contributed by atoms with van der Waals surface area (Å²) in [4.78, 5) is 0. The van der Waals surface area contributed by atoms with Gasteiger partial charge in [0.05, 0.1) is 0 Å². The van der Waals surface area contributed by atoms with Gasteiger partial charge in [-0.15, -0.1) is 0 Å². The molecule has 0 unspecified atom stereocenters. The third-order valence-electron chi connectivity index (χ3n) is 7.24. The van der Waals surface area contributed by atoms with Gasteiger partial charge in [-0.2, -0.15) is 0 Å². The van der Waals surface area contributed by atoms with Crippen molar-refractivity contribution in [1.29, 1.82) is 0 Å². The first-order valence-electron chi connectivity index (χ1n) is 13.7. The van der Waals surface area contributed by atoms with Crippen LogP contribution in [0.2, 0.25) is 0 Å². The van der Waals surface area contributed by atoms with Gasteiger partial charge in [-0.05, 0) is 133 Å². The molecule has 0 bridgehead atoms. The second kappa shape index (κ2) is 15.7. The molecule has 0 aliphatic heterocycles. The molecule has 0 aliphatic rings. The first-order chi connectivity index (χ1) is 14.7. The summed E-state index contributed by atoms with van der Waals surface area (Å²) in [5.41, 5.74) is 1.04. The van der Waals surface area contributed by atoms with Crippen LogP contribution in [0.1, 0.15) is 133 Å². The largest absolute Gasteiger partial charge is 0.312 e. The standard InChI is InChI=1S/C28H62N4/c1-11-25(3,4)29-21-15-13-19-27(7,8)31-23-17-18-24-32-28(9,10)20-14-16-22-30-26(5,6)12-2/h29-32H,11-24H2,1-10H3. The Kier molecular flexibility index (Phi) is 15.6. The molecule has 0 rings (SSSR count). The van der Waals surface area contributed by atoms with Gasteiger partial charge in [0.1, 0.15) is 0 Å². The van der Waals surface area contributed by atoms with E-state index in [1.807, 2.05) is 0 Å². The van der Waals surface area contributed by atoms with Gasteiger partial charge in [0.15, 0.2) is 0 Å². The topological polar surface area (TPSA) is 48.1 Å². The molecular weight excluding hydrogens is 392 g/mol. The lowest BCUT2D eigenvalue weighted by Crippen LogP contribution is -2.42. The molecule has 0 saturated heterocycles. The van der Waals surface area contributed by atoms with Gasteiger partial charge < -0.3 is 21.3 Å². The quantitative estimate of drug-likeness (QED) is 0.152. The second-order valence-corrected chi connectivity index (χ2v) is 12.6. The lowest BCUT2D eigenvalue weighted by molar-refractivity contribution is 0.321. The summed E-state index contributed by atoms with van der Waals surface area (Å²) in [7, 11) is 0. The van der Waals surface area contributed by atoms with Crippen LogP contribution in [0.3, 0.4) is 0 Å². The molecule has 0 aromatic rings. The van der Waals surface area contributed by atoms with E-state index in [0.29, 0.717) is 0 Å². The summed E-state index contributed by atoms with van der Waals surface area (Å²) < 4.78 is 0. The Morgan fingerprint density at radius 3 is 0.906 bits per heavy atom. The van der Waals surface area contributed by atoms with E-state index in [0.717, 1.165) is 26.2 Å². The SMILES string of the molecule is CCC(C)(C)NCCCCC(C)(C)NCCCCNC(C)(C)CCCCNC(C)(C)CC. The Bertz CT molecular complexity index is 412. The minimum Gasteiger partial charge on any atom is -0.312 e. The van der Waals surface area contributed by atoms with E-state index < -0.39 is 0 Å². The number of unbranched alkanes of at least 4 members (excludes halogenated alkanes) is 3. The first kappa shape index (κ1) is 31.8. The maximum Gasteiger partial charge on any atom is 0.0125 e. The molecule has 0 aromatic carbocycles. The molecule has 32 heavy (non-hydrogen) atoms. The molecule has 4 N–H and O–H groups in total. The van der Waals surface area contributed by atoms with Gasteiger partial charge >= 0.3 is 0 Å². The Labute approximate surface area is 203 Å². The number of hydrogen-bond donors (Lipinski definition) is 4. The molecule has 0 radical (unpaired) electrons. The number of rotatable bonds is 21. The molecule has 194 valence electrons. The fourth-order valence-electron chi connectivity index (χ4n) is 3.77. The predicted molar refractivity (Wildman–Crippen MR) is 146 cm³/mol. The average molecular weight is 455 g/mol. The van der Waals surface area contributed by atoms with Crippen LogP contribution in [-0.4, -0.2) is 48.3 Å². The summed E-state index contributed by atoms with van der Waals surface area (Å²) in [6.45, 7) is 27.6. The molecular formula is C28H62N4. The summed E-state index contributed by atoms with van der Waals surface area (Å²) >= 11 is 0. The highest BCUT2D eigenvalue weighted by molar-refractivity contribution is 4.80. The maximum atomic E-state index is 3.79. The lowest BCUT2D eigenvalue weighted by Gasteiger charge is -2.29. The molecule has 0 aliphatic carbocycles. The fourth-order valence-corrected chi connectivity index (χ4v) is 3.77. The van der Waals surface area contributed by atoms with Crippen LogP contribution in [0.4, 0.5) is 0 Å². The summed E-state index contributed by atoms with van der Waals surface area (Å²) in [5.74, 6) is 0.